The van der Waals surface area contributed by atoms with Gasteiger partial charge in [-0.15, -0.1) is 15.3 Å². The molecule has 2 rings (SSSR count). The third kappa shape index (κ3) is 2.76. The Labute approximate surface area is 138 Å². The van der Waals surface area contributed by atoms with E-state index in [9.17, 15) is 0 Å². The lowest BCUT2D eigenvalue weighted by molar-refractivity contribution is 0.635. The molecule has 2 aromatic carbocycles. The van der Waals surface area contributed by atoms with Gasteiger partial charge in [-0.05, 0) is 21.2 Å². The van der Waals surface area contributed by atoms with Gasteiger partial charge in [-0.3, -0.25) is 0 Å². The van der Waals surface area contributed by atoms with Crippen LogP contribution in [0.1, 0.15) is 38.8 Å². The van der Waals surface area contributed by atoms with Gasteiger partial charge >= 0.3 is 0 Å². The maximum atomic E-state index is 4.24. The first-order chi connectivity index (χ1) is 9.71. The van der Waals surface area contributed by atoms with Gasteiger partial charge in [0.05, 0.1) is 0 Å². The van der Waals surface area contributed by atoms with Crippen molar-refractivity contribution in [2.24, 2.45) is 0 Å². The van der Waals surface area contributed by atoms with Gasteiger partial charge in [-0.25, -0.2) is 0 Å². The zero-order valence-electron chi connectivity index (χ0n) is 13.7. The van der Waals surface area contributed by atoms with Crippen molar-refractivity contribution in [1.82, 2.24) is 0 Å². The van der Waals surface area contributed by atoms with Crippen molar-refractivity contribution >= 4 is 22.0 Å². The lowest BCUT2D eigenvalue weighted by atomic mass is 10.0. The molecule has 0 radical (unpaired) electrons. The molecule has 0 unspecified atom stereocenters. The van der Waals surface area contributed by atoms with E-state index in [2.05, 4.69) is 110 Å². The number of hydrogen-bond acceptors (Lipinski definition) is 0. The van der Waals surface area contributed by atoms with Crippen molar-refractivity contribution in [3.8, 4) is 0 Å². The molecule has 0 N–H and O–H groups in total. The molecule has 21 heavy (non-hydrogen) atoms. The van der Waals surface area contributed by atoms with Crippen LogP contribution in [0.25, 0.3) is 0 Å². The molecule has 0 fully saturated rings. The van der Waals surface area contributed by atoms with Crippen LogP contribution < -0.4 is 0 Å². The fourth-order valence-corrected chi connectivity index (χ4v) is 7.39. The van der Waals surface area contributed by atoms with Gasteiger partial charge in [0.15, 0.2) is 0 Å². The Morgan fingerprint density at radius 1 is 0.667 bits per heavy atom. The first kappa shape index (κ1) is 16.5. The Balaban J connectivity index is 2.50. The zero-order chi connectivity index (χ0) is 15.7. The molecule has 0 nitrogen and oxygen atoms in total. The molecule has 0 saturated carbocycles. The minimum atomic E-state index is -1.83. The Hall–Kier alpha value is -0.863. The lowest BCUT2D eigenvalue weighted by Gasteiger charge is -2.49. The predicted octanol–water partition coefficient (Wildman–Crippen LogP) is 5.99. The topological polar surface area (TPSA) is 0 Å². The molecule has 0 bridgehead atoms. The zero-order valence-corrected chi connectivity index (χ0v) is 16.2. The molecule has 0 saturated heterocycles. The lowest BCUT2D eigenvalue weighted by Crippen LogP contribution is -2.58. The highest BCUT2D eigenvalue weighted by molar-refractivity contribution is 9.26. The van der Waals surface area contributed by atoms with E-state index in [1.54, 1.807) is 0 Å². The maximum absolute atomic E-state index is 4.24. The second kappa shape index (κ2) is 5.73. The second-order valence-electron chi connectivity index (χ2n) is 6.99. The molecule has 2 aromatic rings. The van der Waals surface area contributed by atoms with Crippen molar-refractivity contribution in [2.75, 3.05) is 0 Å². The number of benzene rings is 2. The van der Waals surface area contributed by atoms with E-state index in [1.807, 2.05) is 0 Å². The summed E-state index contributed by atoms with van der Waals surface area (Å²) in [5.74, 6) is 0. The van der Waals surface area contributed by atoms with E-state index in [0.717, 1.165) is 0 Å². The van der Waals surface area contributed by atoms with Crippen LogP contribution in [0.2, 0.25) is 6.55 Å². The molecule has 0 heterocycles. The second-order valence-corrected chi connectivity index (χ2v) is 16.2. The molecule has 0 spiro atoms. The summed E-state index contributed by atoms with van der Waals surface area (Å²) in [5.41, 5.74) is 2.83. The SMILES string of the molecule is CC(C)(c1ccccc1)[Si](C)(Br)C(C)(C)c1ccccc1. The van der Waals surface area contributed by atoms with Crippen LogP contribution in [0.15, 0.2) is 60.7 Å². The highest BCUT2D eigenvalue weighted by Gasteiger charge is 2.53. The minimum absolute atomic E-state index is 0.133. The largest absolute Gasteiger partial charge is 0.147 e. The Kier molecular flexibility index (Phi) is 4.51. The number of hydrogen-bond donors (Lipinski definition) is 0. The summed E-state index contributed by atoms with van der Waals surface area (Å²) in [6.45, 7) is 10.2. The van der Waals surface area contributed by atoms with E-state index in [4.69, 9.17) is 0 Å². The smallest absolute Gasteiger partial charge is 0.125 e. The third-order valence-corrected chi connectivity index (χ3v) is 16.6. The summed E-state index contributed by atoms with van der Waals surface area (Å²) in [5, 5.41) is 0.265. The van der Waals surface area contributed by atoms with Crippen LogP contribution in [-0.4, -0.2) is 6.69 Å². The van der Waals surface area contributed by atoms with Crippen molar-refractivity contribution < 1.29 is 0 Å². The first-order valence-corrected chi connectivity index (χ1v) is 12.3. The Bertz CT molecular complexity index is 532. The molecule has 0 amide bonds. The molecule has 0 aromatic heterocycles. The monoisotopic (exact) mass is 360 g/mol. The summed E-state index contributed by atoms with van der Waals surface area (Å²) >= 11 is 4.24. The van der Waals surface area contributed by atoms with Crippen molar-refractivity contribution in [2.45, 2.75) is 44.3 Å². The van der Waals surface area contributed by atoms with Gasteiger partial charge in [0.2, 0.25) is 0 Å². The van der Waals surface area contributed by atoms with Crippen molar-refractivity contribution in [3.05, 3.63) is 71.8 Å². The van der Waals surface area contributed by atoms with Crippen molar-refractivity contribution in [3.63, 3.8) is 0 Å². The summed E-state index contributed by atoms with van der Waals surface area (Å²) in [6, 6.07) is 21.8. The van der Waals surface area contributed by atoms with E-state index in [1.165, 1.54) is 11.1 Å². The van der Waals surface area contributed by atoms with Gasteiger partial charge < -0.3 is 0 Å². The Morgan fingerprint density at radius 2 is 0.952 bits per heavy atom. The quantitative estimate of drug-likeness (QED) is 0.463. The minimum Gasteiger partial charge on any atom is -0.125 e. The Morgan fingerprint density at radius 3 is 1.24 bits per heavy atom. The average molecular weight is 361 g/mol. The van der Waals surface area contributed by atoms with E-state index < -0.39 is 6.69 Å². The molecule has 0 atom stereocenters. The predicted molar refractivity (Wildman–Crippen MR) is 99.5 cm³/mol. The van der Waals surface area contributed by atoms with Gasteiger partial charge in [-0.2, -0.15) is 0 Å². The van der Waals surface area contributed by atoms with Crippen LogP contribution in [0.5, 0.6) is 0 Å². The van der Waals surface area contributed by atoms with E-state index >= 15 is 0 Å². The summed E-state index contributed by atoms with van der Waals surface area (Å²) in [7, 11) is 0. The van der Waals surface area contributed by atoms with E-state index in [-0.39, 0.29) is 10.1 Å². The molecule has 0 aliphatic rings. The van der Waals surface area contributed by atoms with Gasteiger partial charge in [0.1, 0.15) is 6.69 Å². The molecule has 112 valence electrons. The van der Waals surface area contributed by atoms with Crippen molar-refractivity contribution in [1.29, 1.82) is 0 Å². The van der Waals surface area contributed by atoms with Crippen LogP contribution >= 0.6 is 15.3 Å². The van der Waals surface area contributed by atoms with Crippen LogP contribution in [0, 0.1) is 0 Å². The third-order valence-electron chi connectivity index (χ3n) is 5.34. The maximum Gasteiger partial charge on any atom is 0.147 e. The van der Waals surface area contributed by atoms with Gasteiger partial charge in [0, 0.05) is 0 Å². The van der Waals surface area contributed by atoms with Gasteiger partial charge in [-0.1, -0.05) is 94.9 Å². The fourth-order valence-electron chi connectivity index (χ4n) is 3.03. The fraction of sp³-hybridized carbons (Fsp3) is 0.368. The van der Waals surface area contributed by atoms with E-state index in [0.29, 0.717) is 0 Å². The highest BCUT2D eigenvalue weighted by atomic mass is 79.9. The molecule has 2 heteroatoms. The normalized spacial score (nSPS) is 13.2. The average Bonchev–Trinajstić information content (AvgIpc) is 2.48. The van der Waals surface area contributed by atoms with Crippen LogP contribution in [-0.2, 0) is 10.1 Å². The molecule has 0 aliphatic carbocycles. The standard InChI is InChI=1S/C19H25BrSi/c1-18(2,16-12-8-6-9-13-16)21(5,20)19(3,4)17-14-10-7-11-15-17/h6-15H,1-5H3. The molecular formula is C19H25BrSi. The van der Waals surface area contributed by atoms with Crippen LogP contribution in [0.4, 0.5) is 0 Å². The number of rotatable bonds is 4. The summed E-state index contributed by atoms with van der Waals surface area (Å²) in [6.07, 6.45) is 0. The molecule has 0 aliphatic heterocycles. The summed E-state index contributed by atoms with van der Waals surface area (Å²) < 4.78 is 0. The summed E-state index contributed by atoms with van der Waals surface area (Å²) in [4.78, 5) is 0. The molecular weight excluding hydrogens is 336 g/mol. The highest BCUT2D eigenvalue weighted by Crippen LogP contribution is 2.49. The van der Waals surface area contributed by atoms with Crippen LogP contribution in [0.3, 0.4) is 0 Å². The first-order valence-electron chi connectivity index (χ1n) is 7.51. The number of halogens is 1. The van der Waals surface area contributed by atoms with Gasteiger partial charge in [0.25, 0.3) is 0 Å².